The summed E-state index contributed by atoms with van der Waals surface area (Å²) in [4.78, 5) is 35.8. The molecule has 1 amide bonds. The summed E-state index contributed by atoms with van der Waals surface area (Å²) in [5.74, 6) is 1.20. The molecule has 1 fully saturated rings. The molecule has 1 aliphatic carbocycles. The smallest absolute Gasteiger partial charge is 0.278 e. The number of hydrogen-bond donors (Lipinski definition) is 1. The first-order valence-corrected chi connectivity index (χ1v) is 12.0. The summed E-state index contributed by atoms with van der Waals surface area (Å²) >= 11 is 0. The molecule has 1 saturated carbocycles. The maximum atomic E-state index is 13.7. The summed E-state index contributed by atoms with van der Waals surface area (Å²) < 4.78 is 8.57. The lowest BCUT2D eigenvalue weighted by Gasteiger charge is -2.10. The zero-order valence-corrected chi connectivity index (χ0v) is 20.4. The number of hydrogen-bond acceptors (Lipinski definition) is 6. The minimum Gasteiger partial charge on any atom is -0.337 e. The molecule has 0 bridgehead atoms. The third-order valence-electron chi connectivity index (χ3n) is 6.52. The van der Waals surface area contributed by atoms with Gasteiger partial charge in [-0.3, -0.25) is 14.2 Å². The number of anilines is 1. The third-order valence-corrected chi connectivity index (χ3v) is 6.52. The molecule has 1 aliphatic rings. The Balaban J connectivity index is 1.40. The first-order valence-electron chi connectivity index (χ1n) is 12.0. The quantitative estimate of drug-likeness (QED) is 0.388. The highest BCUT2D eigenvalue weighted by Gasteiger charge is 2.29. The second-order valence-electron chi connectivity index (χ2n) is 9.73. The van der Waals surface area contributed by atoms with Crippen LogP contribution in [0.25, 0.3) is 21.9 Å². The lowest BCUT2D eigenvalue weighted by molar-refractivity contribution is -0.116. The molecule has 0 unspecified atom stereocenters. The van der Waals surface area contributed by atoms with Crippen molar-refractivity contribution in [2.45, 2.75) is 52.6 Å². The zero-order chi connectivity index (χ0) is 25.0. The number of nitrogens with one attached hydrogen (secondary N) is 1. The molecule has 2 aromatic carbocycles. The molecule has 0 aliphatic heterocycles. The van der Waals surface area contributed by atoms with E-state index in [2.05, 4.69) is 26.5 Å². The molecule has 5 aromatic rings. The molecule has 9 heteroatoms. The Kier molecular flexibility index (Phi) is 5.21. The molecular formula is C27H26N6O3. The largest absolute Gasteiger partial charge is 0.337 e. The lowest BCUT2D eigenvalue weighted by atomic mass is 10.1. The number of carbonyl (C=O) groups excluding carboxylic acids is 1. The highest BCUT2D eigenvalue weighted by molar-refractivity contribution is 6.06. The van der Waals surface area contributed by atoms with Gasteiger partial charge >= 0.3 is 0 Å². The molecular weight excluding hydrogens is 456 g/mol. The van der Waals surface area contributed by atoms with Crippen molar-refractivity contribution >= 4 is 33.5 Å². The Morgan fingerprint density at radius 2 is 1.86 bits per heavy atom. The second-order valence-corrected chi connectivity index (χ2v) is 9.73. The Bertz CT molecular complexity index is 1690. The van der Waals surface area contributed by atoms with Crippen LogP contribution in [-0.2, 0) is 17.9 Å². The Hall–Kier alpha value is -4.27. The Morgan fingerprint density at radius 1 is 1.08 bits per heavy atom. The van der Waals surface area contributed by atoms with Gasteiger partial charge in [0.1, 0.15) is 24.1 Å². The van der Waals surface area contributed by atoms with Crippen molar-refractivity contribution in [3.8, 4) is 0 Å². The van der Waals surface area contributed by atoms with Crippen LogP contribution in [0, 0.1) is 20.8 Å². The van der Waals surface area contributed by atoms with E-state index in [0.29, 0.717) is 28.7 Å². The van der Waals surface area contributed by atoms with Crippen LogP contribution >= 0.6 is 0 Å². The van der Waals surface area contributed by atoms with Crippen molar-refractivity contribution in [1.29, 1.82) is 0 Å². The summed E-state index contributed by atoms with van der Waals surface area (Å²) in [6, 6.07) is 11.8. The van der Waals surface area contributed by atoms with Crippen molar-refractivity contribution in [2.24, 2.45) is 0 Å². The SMILES string of the molecule is Cc1cc(C)cc(NC(=O)Cn2c3ccc(C)cc3c3ncn(Cc4nc(C5CC5)no4)c(=O)c32)c1. The number of rotatable bonds is 6. The van der Waals surface area contributed by atoms with Gasteiger partial charge in [-0.25, -0.2) is 4.98 Å². The average Bonchev–Trinajstić information content (AvgIpc) is 3.49. The molecule has 3 aromatic heterocycles. The average molecular weight is 483 g/mol. The van der Waals surface area contributed by atoms with Gasteiger partial charge in [-0.2, -0.15) is 4.98 Å². The first-order chi connectivity index (χ1) is 17.4. The summed E-state index contributed by atoms with van der Waals surface area (Å²) in [7, 11) is 0. The zero-order valence-electron chi connectivity index (χ0n) is 20.4. The molecule has 0 radical (unpaired) electrons. The molecule has 9 nitrogen and oxygen atoms in total. The van der Waals surface area contributed by atoms with E-state index in [1.165, 1.54) is 10.9 Å². The molecule has 0 saturated heterocycles. The number of benzene rings is 2. The van der Waals surface area contributed by atoms with E-state index in [1.807, 2.05) is 51.1 Å². The van der Waals surface area contributed by atoms with E-state index < -0.39 is 0 Å². The van der Waals surface area contributed by atoms with Gasteiger partial charge in [0.05, 0.1) is 11.8 Å². The van der Waals surface area contributed by atoms with E-state index in [9.17, 15) is 9.59 Å². The summed E-state index contributed by atoms with van der Waals surface area (Å²) in [5, 5.41) is 7.85. The van der Waals surface area contributed by atoms with Crippen LogP contribution in [-0.4, -0.2) is 30.2 Å². The van der Waals surface area contributed by atoms with Crippen molar-refractivity contribution in [1.82, 2.24) is 24.3 Å². The molecule has 36 heavy (non-hydrogen) atoms. The van der Waals surface area contributed by atoms with Crippen LogP contribution in [0.2, 0.25) is 0 Å². The van der Waals surface area contributed by atoms with Crippen molar-refractivity contribution in [3.05, 3.63) is 81.5 Å². The fourth-order valence-electron chi connectivity index (χ4n) is 4.77. The summed E-state index contributed by atoms with van der Waals surface area (Å²) in [6.07, 6.45) is 3.64. The van der Waals surface area contributed by atoms with Crippen LogP contribution < -0.4 is 10.9 Å². The fourth-order valence-corrected chi connectivity index (χ4v) is 4.77. The summed E-state index contributed by atoms with van der Waals surface area (Å²) in [5.41, 5.74) is 5.36. The molecule has 0 spiro atoms. The van der Waals surface area contributed by atoms with Gasteiger partial charge in [0.2, 0.25) is 11.8 Å². The number of amides is 1. The maximum absolute atomic E-state index is 13.7. The predicted octanol–water partition coefficient (Wildman–Crippen LogP) is 4.22. The summed E-state index contributed by atoms with van der Waals surface area (Å²) in [6.45, 7) is 6.07. The number of carbonyl (C=O) groups is 1. The lowest BCUT2D eigenvalue weighted by Crippen LogP contribution is -2.25. The first kappa shape index (κ1) is 22.2. The topological polar surface area (TPSA) is 108 Å². The molecule has 182 valence electrons. The van der Waals surface area contributed by atoms with Gasteiger partial charge in [0.15, 0.2) is 5.82 Å². The van der Waals surface area contributed by atoms with Crippen LogP contribution in [0.3, 0.4) is 0 Å². The number of fused-ring (bicyclic) bond motifs is 3. The molecule has 3 heterocycles. The highest BCUT2D eigenvalue weighted by Crippen LogP contribution is 2.38. The standard InChI is InChI=1S/C27H26N6O3/c1-15-4-7-21-20(11-15)24-25(33(21)12-22(34)29-19-9-16(2)8-17(3)10-19)27(35)32(14-28-24)13-23-30-26(31-36-23)18-5-6-18/h4,7-11,14,18H,5-6,12-13H2,1-3H3,(H,29,34). The fraction of sp³-hybridized carbons (Fsp3) is 0.296. The Morgan fingerprint density at radius 3 is 2.61 bits per heavy atom. The van der Waals surface area contributed by atoms with Gasteiger partial charge < -0.3 is 14.4 Å². The van der Waals surface area contributed by atoms with E-state index in [0.717, 1.165) is 46.1 Å². The maximum Gasteiger partial charge on any atom is 0.278 e. The van der Waals surface area contributed by atoms with Crippen LogP contribution in [0.5, 0.6) is 0 Å². The highest BCUT2D eigenvalue weighted by atomic mass is 16.5. The van der Waals surface area contributed by atoms with E-state index in [1.54, 1.807) is 4.57 Å². The van der Waals surface area contributed by atoms with E-state index in [4.69, 9.17) is 4.52 Å². The van der Waals surface area contributed by atoms with Gasteiger partial charge in [0, 0.05) is 17.0 Å². The van der Waals surface area contributed by atoms with Gasteiger partial charge in [0.25, 0.3) is 5.56 Å². The van der Waals surface area contributed by atoms with Crippen molar-refractivity contribution in [2.75, 3.05) is 5.32 Å². The Labute approximate surface area is 206 Å². The van der Waals surface area contributed by atoms with Gasteiger partial charge in [-0.05, 0) is 69.0 Å². The predicted molar refractivity (Wildman–Crippen MR) is 136 cm³/mol. The minimum atomic E-state index is -0.265. The third kappa shape index (κ3) is 4.06. The second kappa shape index (κ2) is 8.44. The number of aryl methyl sites for hydroxylation is 3. The van der Waals surface area contributed by atoms with Crippen molar-refractivity contribution in [3.63, 3.8) is 0 Å². The van der Waals surface area contributed by atoms with Crippen molar-refractivity contribution < 1.29 is 9.32 Å². The van der Waals surface area contributed by atoms with Gasteiger partial charge in [-0.1, -0.05) is 22.9 Å². The normalized spacial score (nSPS) is 13.5. The van der Waals surface area contributed by atoms with Crippen LogP contribution in [0.15, 0.2) is 52.0 Å². The molecule has 0 atom stereocenters. The molecule has 6 rings (SSSR count). The van der Waals surface area contributed by atoms with Gasteiger partial charge in [-0.15, -0.1) is 0 Å². The number of aromatic nitrogens is 5. The van der Waals surface area contributed by atoms with Crippen LogP contribution in [0.1, 0.15) is 47.2 Å². The number of nitrogens with zero attached hydrogens (tertiary/aromatic N) is 5. The minimum absolute atomic E-state index is 0.0244. The monoisotopic (exact) mass is 482 g/mol. The van der Waals surface area contributed by atoms with E-state index in [-0.39, 0.29) is 24.6 Å². The van der Waals surface area contributed by atoms with Crippen LogP contribution in [0.4, 0.5) is 5.69 Å². The molecule has 1 N–H and O–H groups in total. The van der Waals surface area contributed by atoms with E-state index >= 15 is 0 Å².